The molecule has 0 aromatic carbocycles. The van der Waals surface area contributed by atoms with E-state index in [1.807, 2.05) is 0 Å². The number of urea groups is 1. The molecule has 0 radical (unpaired) electrons. The molecule has 0 unspecified atom stereocenters. The summed E-state index contributed by atoms with van der Waals surface area (Å²) in [5.41, 5.74) is 0. The van der Waals surface area contributed by atoms with Crippen LogP contribution in [0.4, 0.5) is 4.79 Å². The highest BCUT2D eigenvalue weighted by molar-refractivity contribution is 5.74. The molecule has 5 nitrogen and oxygen atoms in total. The molecule has 1 heterocycles. The van der Waals surface area contributed by atoms with Crippen molar-refractivity contribution in [1.29, 1.82) is 0 Å². The minimum Gasteiger partial charge on any atom is -0.379 e. The number of hydrogen-bond donors (Lipinski definition) is 1. The van der Waals surface area contributed by atoms with Gasteiger partial charge in [0.2, 0.25) is 0 Å². The Bertz CT molecular complexity index is 443. The van der Waals surface area contributed by atoms with E-state index in [1.54, 1.807) is 0 Å². The van der Waals surface area contributed by atoms with Crippen molar-refractivity contribution in [3.05, 3.63) is 12.2 Å². The van der Waals surface area contributed by atoms with Gasteiger partial charge in [-0.1, -0.05) is 31.4 Å². The van der Waals surface area contributed by atoms with Gasteiger partial charge < -0.3 is 15.0 Å². The summed E-state index contributed by atoms with van der Waals surface area (Å²) < 4.78 is 5.43. The van der Waals surface area contributed by atoms with E-state index in [-0.39, 0.29) is 6.03 Å². The Balaban J connectivity index is 1.47. The van der Waals surface area contributed by atoms with E-state index >= 15 is 0 Å². The van der Waals surface area contributed by atoms with Gasteiger partial charge in [-0.25, -0.2) is 4.79 Å². The Morgan fingerprint density at radius 3 is 2.65 bits per heavy atom. The van der Waals surface area contributed by atoms with Crippen molar-refractivity contribution < 1.29 is 9.53 Å². The van der Waals surface area contributed by atoms with E-state index in [0.29, 0.717) is 12.0 Å². The van der Waals surface area contributed by atoms with Crippen LogP contribution in [0.1, 0.15) is 57.8 Å². The van der Waals surface area contributed by atoms with Crippen LogP contribution in [0, 0.1) is 5.92 Å². The van der Waals surface area contributed by atoms with Crippen LogP contribution in [0.25, 0.3) is 0 Å². The second kappa shape index (κ2) is 10.9. The first-order chi connectivity index (χ1) is 12.8. The molecular formula is C21H37N3O2. The van der Waals surface area contributed by atoms with Crippen LogP contribution >= 0.6 is 0 Å². The van der Waals surface area contributed by atoms with Crippen LogP contribution in [0.3, 0.4) is 0 Å². The van der Waals surface area contributed by atoms with Crippen molar-refractivity contribution in [2.24, 2.45) is 5.92 Å². The summed E-state index contributed by atoms with van der Waals surface area (Å²) in [6.45, 7) is 6.60. The molecular weight excluding hydrogens is 326 g/mol. The quantitative estimate of drug-likeness (QED) is 0.705. The SMILES string of the molecule is O=C(NC1CCCCC1)N(CCCN1CCOCC1)C[C@@H]1CC=CCC1. The zero-order valence-corrected chi connectivity index (χ0v) is 16.3. The van der Waals surface area contributed by atoms with Gasteiger partial charge in [-0.3, -0.25) is 4.90 Å². The maximum absolute atomic E-state index is 12.9. The standard InChI is InChI=1S/C21H37N3O2/c25-21(22-20-10-5-2-6-11-20)24(18-19-8-3-1-4-9-19)13-7-12-23-14-16-26-17-15-23/h1,3,19-20H,2,4-18H2,(H,22,25)/t19-/m1/s1. The zero-order chi connectivity index (χ0) is 18.0. The summed E-state index contributed by atoms with van der Waals surface area (Å²) in [7, 11) is 0. The van der Waals surface area contributed by atoms with Crippen molar-refractivity contribution in [3.8, 4) is 0 Å². The van der Waals surface area contributed by atoms with E-state index in [9.17, 15) is 4.79 Å². The second-order valence-electron chi connectivity index (χ2n) is 8.19. The third-order valence-corrected chi connectivity index (χ3v) is 6.08. The Morgan fingerprint density at radius 1 is 1.12 bits per heavy atom. The van der Waals surface area contributed by atoms with Gasteiger partial charge in [-0.2, -0.15) is 0 Å². The number of allylic oxidation sites excluding steroid dienone is 2. The molecule has 5 heteroatoms. The normalized spacial score (nSPS) is 25.2. The molecule has 2 aliphatic carbocycles. The van der Waals surface area contributed by atoms with Gasteiger partial charge in [0.25, 0.3) is 0 Å². The van der Waals surface area contributed by atoms with Gasteiger partial charge in [-0.15, -0.1) is 0 Å². The molecule has 0 aromatic heterocycles. The maximum Gasteiger partial charge on any atom is 0.317 e. The topological polar surface area (TPSA) is 44.8 Å². The summed E-state index contributed by atoms with van der Waals surface area (Å²) >= 11 is 0. The summed E-state index contributed by atoms with van der Waals surface area (Å²) in [6, 6.07) is 0.567. The van der Waals surface area contributed by atoms with E-state index in [2.05, 4.69) is 27.3 Å². The van der Waals surface area contributed by atoms with Crippen LogP contribution in [0.5, 0.6) is 0 Å². The molecule has 0 bridgehead atoms. The Morgan fingerprint density at radius 2 is 1.92 bits per heavy atom. The number of morpholine rings is 1. The lowest BCUT2D eigenvalue weighted by Crippen LogP contribution is -2.48. The molecule has 1 saturated heterocycles. The Hall–Kier alpha value is -1.07. The van der Waals surface area contributed by atoms with Gasteiger partial charge in [0, 0.05) is 38.8 Å². The van der Waals surface area contributed by atoms with Crippen LogP contribution in [0.15, 0.2) is 12.2 Å². The number of nitrogens with zero attached hydrogens (tertiary/aromatic N) is 2. The first-order valence-electron chi connectivity index (χ1n) is 10.8. The summed E-state index contributed by atoms with van der Waals surface area (Å²) in [4.78, 5) is 17.5. The summed E-state index contributed by atoms with van der Waals surface area (Å²) in [5.74, 6) is 0.625. The van der Waals surface area contributed by atoms with Crippen molar-refractivity contribution in [2.45, 2.75) is 63.8 Å². The Labute approximate surface area is 159 Å². The van der Waals surface area contributed by atoms with Gasteiger partial charge in [0.05, 0.1) is 13.2 Å². The molecule has 148 valence electrons. The number of carbonyl (C=O) groups excluding carboxylic acids is 1. The zero-order valence-electron chi connectivity index (χ0n) is 16.3. The number of rotatable bonds is 7. The molecule has 1 N–H and O–H groups in total. The second-order valence-corrected chi connectivity index (χ2v) is 8.19. The largest absolute Gasteiger partial charge is 0.379 e. The van der Waals surface area contributed by atoms with E-state index < -0.39 is 0 Å². The van der Waals surface area contributed by atoms with Crippen LogP contribution in [0.2, 0.25) is 0 Å². The molecule has 2 amide bonds. The predicted octanol–water partition coefficient (Wildman–Crippen LogP) is 3.41. The first kappa shape index (κ1) is 19.7. The molecule has 0 aromatic rings. The number of carbonyl (C=O) groups is 1. The van der Waals surface area contributed by atoms with Gasteiger partial charge in [0.1, 0.15) is 0 Å². The van der Waals surface area contributed by atoms with E-state index in [1.165, 1.54) is 25.7 Å². The fraction of sp³-hybridized carbons (Fsp3) is 0.857. The number of nitrogens with one attached hydrogen (secondary N) is 1. The molecule has 2 fully saturated rings. The first-order valence-corrected chi connectivity index (χ1v) is 10.8. The van der Waals surface area contributed by atoms with Crippen LogP contribution in [-0.4, -0.2) is 67.8 Å². The van der Waals surface area contributed by atoms with Gasteiger partial charge in [-0.05, 0) is 44.4 Å². The third kappa shape index (κ3) is 6.58. The molecule has 1 saturated carbocycles. The summed E-state index contributed by atoms with van der Waals surface area (Å²) in [5, 5.41) is 3.33. The van der Waals surface area contributed by atoms with Gasteiger partial charge in [0.15, 0.2) is 0 Å². The molecule has 0 spiro atoms. The van der Waals surface area contributed by atoms with E-state index in [4.69, 9.17) is 4.74 Å². The fourth-order valence-electron chi connectivity index (χ4n) is 4.43. The lowest BCUT2D eigenvalue weighted by atomic mass is 9.93. The van der Waals surface area contributed by atoms with Crippen LogP contribution < -0.4 is 5.32 Å². The van der Waals surface area contributed by atoms with Gasteiger partial charge >= 0.3 is 6.03 Å². The highest BCUT2D eigenvalue weighted by atomic mass is 16.5. The minimum absolute atomic E-state index is 0.174. The number of hydrogen-bond acceptors (Lipinski definition) is 3. The maximum atomic E-state index is 12.9. The van der Waals surface area contributed by atoms with Crippen molar-refractivity contribution in [3.63, 3.8) is 0 Å². The third-order valence-electron chi connectivity index (χ3n) is 6.08. The summed E-state index contributed by atoms with van der Waals surface area (Å²) in [6.07, 6.45) is 15.3. The van der Waals surface area contributed by atoms with Crippen molar-refractivity contribution >= 4 is 6.03 Å². The smallest absolute Gasteiger partial charge is 0.317 e. The molecule has 26 heavy (non-hydrogen) atoms. The van der Waals surface area contributed by atoms with Crippen molar-refractivity contribution in [1.82, 2.24) is 15.1 Å². The lowest BCUT2D eigenvalue weighted by Gasteiger charge is -2.32. The Kier molecular flexibility index (Phi) is 8.27. The van der Waals surface area contributed by atoms with Crippen molar-refractivity contribution in [2.75, 3.05) is 45.9 Å². The molecule has 3 aliphatic rings. The average Bonchev–Trinajstić information content (AvgIpc) is 2.69. The molecule has 1 atom stereocenters. The van der Waals surface area contributed by atoms with Crippen LogP contribution in [-0.2, 0) is 4.74 Å². The highest BCUT2D eigenvalue weighted by Gasteiger charge is 2.23. The molecule has 1 aliphatic heterocycles. The number of amides is 2. The predicted molar refractivity (Wildman–Crippen MR) is 105 cm³/mol. The molecule has 3 rings (SSSR count). The lowest BCUT2D eigenvalue weighted by molar-refractivity contribution is 0.0363. The average molecular weight is 364 g/mol. The monoisotopic (exact) mass is 363 g/mol. The number of ether oxygens (including phenoxy) is 1. The minimum atomic E-state index is 0.174. The fourth-order valence-corrected chi connectivity index (χ4v) is 4.43. The highest BCUT2D eigenvalue weighted by Crippen LogP contribution is 2.21. The van der Waals surface area contributed by atoms with E-state index in [0.717, 1.165) is 78.0 Å².